The maximum absolute atomic E-state index is 12.4. The van der Waals surface area contributed by atoms with Crippen molar-refractivity contribution in [1.82, 2.24) is 5.32 Å². The van der Waals surface area contributed by atoms with Crippen LogP contribution >= 0.6 is 0 Å². The monoisotopic (exact) mass is 299 g/mol. The lowest BCUT2D eigenvalue weighted by molar-refractivity contribution is -0.157. The van der Waals surface area contributed by atoms with E-state index in [9.17, 15) is 9.90 Å². The predicted octanol–water partition coefficient (Wildman–Crippen LogP) is 3.05. The van der Waals surface area contributed by atoms with Gasteiger partial charge in [0.15, 0.2) is 0 Å². The van der Waals surface area contributed by atoms with E-state index in [4.69, 9.17) is 4.74 Å². The summed E-state index contributed by atoms with van der Waals surface area (Å²) >= 11 is 0. The minimum atomic E-state index is -0.835. The second-order valence-corrected chi connectivity index (χ2v) is 6.86. The van der Waals surface area contributed by atoms with Gasteiger partial charge in [0.25, 0.3) is 0 Å². The molecule has 0 aliphatic heterocycles. The van der Waals surface area contributed by atoms with Gasteiger partial charge in [0.1, 0.15) is 5.54 Å². The Hall–Kier alpha value is -0.870. The Kier molecular flexibility index (Phi) is 7.62. The molecule has 4 nitrogen and oxygen atoms in total. The summed E-state index contributed by atoms with van der Waals surface area (Å²) in [6, 6.07) is 0. The zero-order valence-electron chi connectivity index (χ0n) is 14.6. The van der Waals surface area contributed by atoms with Crippen molar-refractivity contribution >= 4 is 5.97 Å². The third-order valence-electron chi connectivity index (χ3n) is 4.42. The van der Waals surface area contributed by atoms with E-state index in [-0.39, 0.29) is 18.0 Å². The summed E-state index contributed by atoms with van der Waals surface area (Å²) in [5, 5.41) is 13.6. The van der Waals surface area contributed by atoms with Crippen LogP contribution in [0, 0.1) is 5.41 Å². The van der Waals surface area contributed by atoms with Crippen molar-refractivity contribution in [1.29, 1.82) is 0 Å². The van der Waals surface area contributed by atoms with Crippen LogP contribution in [0.15, 0.2) is 12.7 Å². The summed E-state index contributed by atoms with van der Waals surface area (Å²) in [7, 11) is 0. The average Bonchev–Trinajstić information content (AvgIpc) is 2.37. The summed E-state index contributed by atoms with van der Waals surface area (Å²) in [4.78, 5) is 12.4. The number of carbonyl (C=O) groups is 1. The maximum atomic E-state index is 12.4. The Morgan fingerprint density at radius 2 is 1.86 bits per heavy atom. The molecule has 0 rings (SSSR count). The number of esters is 1. The van der Waals surface area contributed by atoms with E-state index < -0.39 is 11.1 Å². The summed E-state index contributed by atoms with van der Waals surface area (Å²) in [6.07, 6.45) is 3.24. The molecule has 0 aromatic rings. The molecule has 2 N–H and O–H groups in total. The smallest absolute Gasteiger partial charge is 0.326 e. The van der Waals surface area contributed by atoms with Crippen molar-refractivity contribution in [2.24, 2.45) is 5.41 Å². The van der Waals surface area contributed by atoms with E-state index in [0.29, 0.717) is 25.8 Å². The van der Waals surface area contributed by atoms with Gasteiger partial charge in [0.05, 0.1) is 12.2 Å². The molecule has 0 aromatic heterocycles. The molecule has 0 spiro atoms. The normalized spacial score (nSPS) is 17.7. The van der Waals surface area contributed by atoms with Crippen LogP contribution in [-0.2, 0) is 9.53 Å². The molecule has 124 valence electrons. The zero-order valence-corrected chi connectivity index (χ0v) is 14.6. The third kappa shape index (κ3) is 5.44. The van der Waals surface area contributed by atoms with Crippen molar-refractivity contribution in [3.8, 4) is 0 Å². The second-order valence-electron chi connectivity index (χ2n) is 6.86. The highest BCUT2D eigenvalue weighted by molar-refractivity contribution is 5.81. The minimum Gasteiger partial charge on any atom is -0.464 e. The molecule has 4 heteroatoms. The molecule has 0 radical (unpaired) electrons. The van der Waals surface area contributed by atoms with E-state index in [1.165, 1.54) is 0 Å². The molecular weight excluding hydrogens is 266 g/mol. The first-order valence-corrected chi connectivity index (χ1v) is 7.82. The first-order valence-electron chi connectivity index (χ1n) is 7.82. The lowest BCUT2D eigenvalue weighted by atomic mass is 9.75. The Bertz CT molecular complexity index is 348. The standard InChI is InChI=1S/C17H33NO3/c1-8-11-17(20,9-2)12-13-21-14(19)16(7,18-10-3)15(4,5)6/h8,18,20H,1,9-13H2,2-7H3. The second kappa shape index (κ2) is 7.95. The van der Waals surface area contributed by atoms with Gasteiger partial charge in [-0.15, -0.1) is 6.58 Å². The number of rotatable bonds is 9. The highest BCUT2D eigenvalue weighted by Gasteiger charge is 2.45. The number of nitrogens with one attached hydrogen (secondary N) is 1. The summed E-state index contributed by atoms with van der Waals surface area (Å²) in [5.41, 5.74) is -1.84. The van der Waals surface area contributed by atoms with E-state index in [1.807, 2.05) is 41.5 Å². The molecule has 0 aliphatic rings. The molecule has 0 aromatic carbocycles. The molecule has 0 saturated heterocycles. The van der Waals surface area contributed by atoms with Crippen molar-refractivity contribution in [3.05, 3.63) is 12.7 Å². The Morgan fingerprint density at radius 3 is 2.24 bits per heavy atom. The molecule has 0 aliphatic carbocycles. The summed E-state index contributed by atoms with van der Waals surface area (Å²) < 4.78 is 5.43. The molecule has 0 fully saturated rings. The lowest BCUT2D eigenvalue weighted by Gasteiger charge is -2.40. The third-order valence-corrected chi connectivity index (χ3v) is 4.42. The van der Waals surface area contributed by atoms with Gasteiger partial charge in [-0.05, 0) is 31.7 Å². The van der Waals surface area contributed by atoms with Crippen molar-refractivity contribution < 1.29 is 14.6 Å². The Balaban J connectivity index is 4.70. The highest BCUT2D eigenvalue weighted by Crippen LogP contribution is 2.31. The fraction of sp³-hybridized carbons (Fsp3) is 0.824. The number of carbonyl (C=O) groups excluding carboxylic acids is 1. The number of ether oxygens (including phenoxy) is 1. The van der Waals surface area contributed by atoms with Gasteiger partial charge < -0.3 is 15.2 Å². The van der Waals surface area contributed by atoms with E-state index in [0.717, 1.165) is 0 Å². The van der Waals surface area contributed by atoms with Gasteiger partial charge >= 0.3 is 5.97 Å². The van der Waals surface area contributed by atoms with Crippen LogP contribution in [0.5, 0.6) is 0 Å². The SMILES string of the molecule is C=CCC(O)(CC)CCOC(=O)C(C)(NCC)C(C)(C)C. The van der Waals surface area contributed by atoms with Crippen LogP contribution in [0.2, 0.25) is 0 Å². The van der Waals surface area contributed by atoms with Gasteiger partial charge in [-0.2, -0.15) is 0 Å². The van der Waals surface area contributed by atoms with Gasteiger partial charge in [-0.1, -0.05) is 40.7 Å². The van der Waals surface area contributed by atoms with Crippen LogP contribution in [0.4, 0.5) is 0 Å². The Morgan fingerprint density at radius 1 is 1.29 bits per heavy atom. The van der Waals surface area contributed by atoms with Gasteiger partial charge in [0.2, 0.25) is 0 Å². The van der Waals surface area contributed by atoms with Crippen LogP contribution in [0.1, 0.15) is 60.8 Å². The predicted molar refractivity (Wildman–Crippen MR) is 87.2 cm³/mol. The molecule has 2 atom stereocenters. The van der Waals surface area contributed by atoms with Crippen molar-refractivity contribution in [2.45, 2.75) is 71.9 Å². The Labute approximate surface area is 130 Å². The average molecular weight is 299 g/mol. The number of hydrogen-bond donors (Lipinski definition) is 2. The quantitative estimate of drug-likeness (QED) is 0.507. The molecule has 21 heavy (non-hydrogen) atoms. The van der Waals surface area contributed by atoms with E-state index >= 15 is 0 Å². The van der Waals surface area contributed by atoms with Crippen LogP contribution in [0.25, 0.3) is 0 Å². The first-order chi connectivity index (χ1) is 9.56. The molecule has 0 saturated carbocycles. The summed E-state index contributed by atoms with van der Waals surface area (Å²) in [5.74, 6) is -0.270. The summed E-state index contributed by atoms with van der Waals surface area (Å²) in [6.45, 7) is 16.4. The number of hydrogen-bond acceptors (Lipinski definition) is 4. The maximum Gasteiger partial charge on any atom is 0.326 e. The number of likely N-dealkylation sites (N-methyl/N-ethyl adjacent to an activating group) is 1. The fourth-order valence-corrected chi connectivity index (χ4v) is 2.17. The van der Waals surface area contributed by atoms with Gasteiger partial charge in [0, 0.05) is 6.42 Å². The zero-order chi connectivity index (χ0) is 16.7. The number of aliphatic hydroxyl groups is 1. The first kappa shape index (κ1) is 20.1. The lowest BCUT2D eigenvalue weighted by Crippen LogP contribution is -2.59. The van der Waals surface area contributed by atoms with Gasteiger partial charge in [-0.3, -0.25) is 4.79 Å². The minimum absolute atomic E-state index is 0.216. The van der Waals surface area contributed by atoms with Crippen LogP contribution in [-0.4, -0.2) is 35.4 Å². The van der Waals surface area contributed by atoms with Crippen LogP contribution in [0.3, 0.4) is 0 Å². The molecule has 0 amide bonds. The van der Waals surface area contributed by atoms with Crippen molar-refractivity contribution in [2.75, 3.05) is 13.2 Å². The van der Waals surface area contributed by atoms with E-state index in [1.54, 1.807) is 6.08 Å². The largest absolute Gasteiger partial charge is 0.464 e. The highest BCUT2D eigenvalue weighted by atomic mass is 16.5. The molecular formula is C17H33NO3. The van der Waals surface area contributed by atoms with Gasteiger partial charge in [-0.25, -0.2) is 0 Å². The molecule has 0 bridgehead atoms. The van der Waals surface area contributed by atoms with E-state index in [2.05, 4.69) is 11.9 Å². The van der Waals surface area contributed by atoms with Crippen LogP contribution < -0.4 is 5.32 Å². The fourth-order valence-electron chi connectivity index (χ4n) is 2.17. The van der Waals surface area contributed by atoms with Crippen molar-refractivity contribution in [3.63, 3.8) is 0 Å². The molecule has 0 heterocycles. The topological polar surface area (TPSA) is 58.6 Å². The molecule has 2 unspecified atom stereocenters.